The van der Waals surface area contributed by atoms with E-state index in [1.54, 1.807) is 0 Å². The molecular formula is C20H17NO. The average molecular weight is 287 g/mol. The molecule has 2 aliphatic rings. The lowest BCUT2D eigenvalue weighted by Gasteiger charge is -2.20. The predicted molar refractivity (Wildman–Crippen MR) is 88.0 cm³/mol. The lowest BCUT2D eigenvalue weighted by atomic mass is 9.95. The van der Waals surface area contributed by atoms with Crippen molar-refractivity contribution >= 4 is 0 Å². The van der Waals surface area contributed by atoms with E-state index in [4.69, 9.17) is 4.74 Å². The highest BCUT2D eigenvalue weighted by Gasteiger charge is 2.31. The molecule has 0 amide bonds. The Morgan fingerprint density at radius 1 is 0.909 bits per heavy atom. The second-order valence-corrected chi connectivity index (χ2v) is 6.05. The van der Waals surface area contributed by atoms with Gasteiger partial charge >= 0.3 is 0 Å². The van der Waals surface area contributed by atoms with E-state index in [9.17, 15) is 0 Å². The van der Waals surface area contributed by atoms with Crippen LogP contribution in [-0.2, 0) is 19.6 Å². The zero-order valence-corrected chi connectivity index (χ0v) is 12.4. The van der Waals surface area contributed by atoms with E-state index >= 15 is 0 Å². The van der Waals surface area contributed by atoms with Crippen molar-refractivity contribution in [1.82, 2.24) is 4.57 Å². The molecule has 0 aliphatic carbocycles. The Labute approximate surface area is 130 Å². The SMILES string of the molecule is c1ccc(-c2c3c(n4c2CCC4)-c2ccccc2OC3)cc1. The van der Waals surface area contributed by atoms with Gasteiger partial charge in [0, 0.05) is 28.9 Å². The maximum Gasteiger partial charge on any atom is 0.129 e. The molecule has 0 atom stereocenters. The molecule has 0 fully saturated rings. The quantitative estimate of drug-likeness (QED) is 0.635. The number of aromatic nitrogens is 1. The van der Waals surface area contributed by atoms with E-state index in [1.807, 2.05) is 0 Å². The number of para-hydroxylation sites is 1. The minimum Gasteiger partial charge on any atom is -0.488 e. The van der Waals surface area contributed by atoms with Gasteiger partial charge in [-0.3, -0.25) is 0 Å². The second-order valence-electron chi connectivity index (χ2n) is 6.05. The topological polar surface area (TPSA) is 14.2 Å². The van der Waals surface area contributed by atoms with Crippen LogP contribution < -0.4 is 4.74 Å². The van der Waals surface area contributed by atoms with Crippen LogP contribution in [0.4, 0.5) is 0 Å². The van der Waals surface area contributed by atoms with Gasteiger partial charge in [0.15, 0.2) is 0 Å². The van der Waals surface area contributed by atoms with Crippen molar-refractivity contribution < 1.29 is 4.74 Å². The smallest absolute Gasteiger partial charge is 0.129 e. The van der Waals surface area contributed by atoms with Crippen molar-refractivity contribution in [1.29, 1.82) is 0 Å². The van der Waals surface area contributed by atoms with Gasteiger partial charge in [0.25, 0.3) is 0 Å². The molecule has 5 rings (SSSR count). The van der Waals surface area contributed by atoms with Gasteiger partial charge in [-0.2, -0.15) is 0 Å². The molecule has 2 aromatic carbocycles. The zero-order chi connectivity index (χ0) is 14.5. The van der Waals surface area contributed by atoms with E-state index in [2.05, 4.69) is 59.2 Å². The number of nitrogens with zero attached hydrogens (tertiary/aromatic N) is 1. The van der Waals surface area contributed by atoms with E-state index in [1.165, 1.54) is 46.5 Å². The molecule has 2 nitrogen and oxygen atoms in total. The minimum absolute atomic E-state index is 0.677. The van der Waals surface area contributed by atoms with Crippen molar-refractivity contribution in [3.05, 3.63) is 65.9 Å². The Morgan fingerprint density at radius 3 is 2.64 bits per heavy atom. The summed E-state index contributed by atoms with van der Waals surface area (Å²) in [6.07, 6.45) is 2.41. The van der Waals surface area contributed by atoms with Crippen LogP contribution >= 0.6 is 0 Å². The first kappa shape index (κ1) is 12.1. The lowest BCUT2D eigenvalue weighted by molar-refractivity contribution is 0.302. The standard InChI is InChI=1S/C20H17NO/c1-2-7-14(8-3-1)19-16-13-22-18-11-5-4-9-15(18)20(16)21-12-6-10-17(19)21/h1-5,7-9,11H,6,10,12-13H2. The highest BCUT2D eigenvalue weighted by Crippen LogP contribution is 2.46. The summed E-state index contributed by atoms with van der Waals surface area (Å²) >= 11 is 0. The summed E-state index contributed by atoms with van der Waals surface area (Å²) in [6, 6.07) is 19.2. The highest BCUT2D eigenvalue weighted by molar-refractivity contribution is 5.84. The van der Waals surface area contributed by atoms with Crippen molar-refractivity contribution in [2.24, 2.45) is 0 Å². The van der Waals surface area contributed by atoms with Crippen LogP contribution in [0, 0.1) is 0 Å². The second kappa shape index (κ2) is 4.51. The normalized spacial score (nSPS) is 14.9. The first-order valence-electron chi connectivity index (χ1n) is 7.95. The third kappa shape index (κ3) is 1.55. The summed E-state index contributed by atoms with van der Waals surface area (Å²) < 4.78 is 8.56. The van der Waals surface area contributed by atoms with Crippen LogP contribution in [0.2, 0.25) is 0 Å². The molecule has 2 aliphatic heterocycles. The van der Waals surface area contributed by atoms with Crippen LogP contribution in [-0.4, -0.2) is 4.57 Å². The fourth-order valence-electron chi connectivity index (χ4n) is 3.97. The molecule has 3 heterocycles. The van der Waals surface area contributed by atoms with Crippen molar-refractivity contribution in [3.63, 3.8) is 0 Å². The predicted octanol–water partition coefficient (Wildman–Crippen LogP) is 4.66. The summed E-state index contributed by atoms with van der Waals surface area (Å²) in [5.41, 5.74) is 8.19. The average Bonchev–Trinajstić information content (AvgIpc) is 3.15. The molecule has 22 heavy (non-hydrogen) atoms. The summed E-state index contributed by atoms with van der Waals surface area (Å²) in [5.74, 6) is 1.02. The van der Waals surface area contributed by atoms with Crippen LogP contribution in [0.1, 0.15) is 17.7 Å². The molecular weight excluding hydrogens is 270 g/mol. The lowest BCUT2D eigenvalue weighted by Crippen LogP contribution is -2.07. The molecule has 0 saturated heterocycles. The van der Waals surface area contributed by atoms with Crippen LogP contribution in [0.15, 0.2) is 54.6 Å². The number of fused-ring (bicyclic) bond motifs is 5. The molecule has 0 spiro atoms. The summed E-state index contributed by atoms with van der Waals surface area (Å²) in [7, 11) is 0. The third-order valence-corrected chi connectivity index (χ3v) is 4.84. The van der Waals surface area contributed by atoms with Gasteiger partial charge in [0.1, 0.15) is 12.4 Å². The van der Waals surface area contributed by atoms with Crippen LogP contribution in [0.3, 0.4) is 0 Å². The highest BCUT2D eigenvalue weighted by atomic mass is 16.5. The molecule has 2 heteroatoms. The van der Waals surface area contributed by atoms with Crippen molar-refractivity contribution in [2.45, 2.75) is 26.0 Å². The molecule has 108 valence electrons. The minimum atomic E-state index is 0.677. The zero-order valence-electron chi connectivity index (χ0n) is 12.4. The molecule has 0 saturated carbocycles. The van der Waals surface area contributed by atoms with Gasteiger partial charge in [-0.15, -0.1) is 0 Å². The van der Waals surface area contributed by atoms with E-state index in [0.29, 0.717) is 6.61 Å². The Balaban J connectivity index is 1.84. The van der Waals surface area contributed by atoms with Gasteiger partial charge < -0.3 is 9.30 Å². The van der Waals surface area contributed by atoms with E-state index in [-0.39, 0.29) is 0 Å². The Bertz CT molecular complexity index is 839. The van der Waals surface area contributed by atoms with Gasteiger partial charge in [0.2, 0.25) is 0 Å². The van der Waals surface area contributed by atoms with E-state index < -0.39 is 0 Å². The number of rotatable bonds is 1. The first-order chi connectivity index (χ1) is 10.9. The molecule has 0 bridgehead atoms. The van der Waals surface area contributed by atoms with Gasteiger partial charge in [-0.05, 0) is 30.5 Å². The van der Waals surface area contributed by atoms with Gasteiger partial charge in [0.05, 0.1) is 5.69 Å². The Hall–Kier alpha value is -2.48. The number of benzene rings is 2. The first-order valence-corrected chi connectivity index (χ1v) is 7.95. The summed E-state index contributed by atoms with van der Waals surface area (Å²) in [4.78, 5) is 0. The monoisotopic (exact) mass is 287 g/mol. The molecule has 0 unspecified atom stereocenters. The van der Waals surface area contributed by atoms with Gasteiger partial charge in [-0.25, -0.2) is 0 Å². The van der Waals surface area contributed by atoms with Crippen LogP contribution in [0.5, 0.6) is 5.75 Å². The molecule has 1 aromatic heterocycles. The Morgan fingerprint density at radius 2 is 1.73 bits per heavy atom. The van der Waals surface area contributed by atoms with Crippen LogP contribution in [0.25, 0.3) is 22.4 Å². The Kier molecular flexibility index (Phi) is 2.48. The number of hydrogen-bond donors (Lipinski definition) is 0. The summed E-state index contributed by atoms with van der Waals surface area (Å²) in [6.45, 7) is 1.80. The number of ether oxygens (including phenoxy) is 1. The molecule has 0 N–H and O–H groups in total. The van der Waals surface area contributed by atoms with Gasteiger partial charge in [-0.1, -0.05) is 42.5 Å². The maximum atomic E-state index is 6.04. The van der Waals surface area contributed by atoms with Crippen molar-refractivity contribution in [2.75, 3.05) is 0 Å². The van der Waals surface area contributed by atoms with Crippen molar-refractivity contribution in [3.8, 4) is 28.1 Å². The largest absolute Gasteiger partial charge is 0.488 e. The summed E-state index contributed by atoms with van der Waals surface area (Å²) in [5, 5.41) is 0. The molecule has 0 radical (unpaired) electrons. The van der Waals surface area contributed by atoms with E-state index in [0.717, 1.165) is 12.3 Å². The number of hydrogen-bond acceptors (Lipinski definition) is 1. The third-order valence-electron chi connectivity index (χ3n) is 4.84. The fraction of sp³-hybridized carbons (Fsp3) is 0.200. The molecule has 3 aromatic rings. The fourth-order valence-corrected chi connectivity index (χ4v) is 3.97. The maximum absolute atomic E-state index is 6.04.